The summed E-state index contributed by atoms with van der Waals surface area (Å²) < 4.78 is 0. The van der Waals surface area contributed by atoms with E-state index in [2.05, 4.69) is 33.0 Å². The fourth-order valence-electron chi connectivity index (χ4n) is 2.76. The van der Waals surface area contributed by atoms with Crippen molar-refractivity contribution in [3.63, 3.8) is 0 Å². The molecule has 1 heterocycles. The molecular weight excluding hydrogens is 228 g/mol. The monoisotopic (exact) mass is 252 g/mol. The molecule has 17 heavy (non-hydrogen) atoms. The number of nitrogens with one attached hydrogen (secondary N) is 1. The van der Waals surface area contributed by atoms with Gasteiger partial charge in [0.2, 0.25) is 0 Å². The second kappa shape index (κ2) is 5.07. The van der Waals surface area contributed by atoms with Crippen molar-refractivity contribution in [3.8, 4) is 0 Å². The van der Waals surface area contributed by atoms with Crippen molar-refractivity contribution in [2.24, 2.45) is 5.92 Å². The van der Waals surface area contributed by atoms with Crippen LogP contribution in [-0.4, -0.2) is 11.5 Å². The molecule has 0 amide bonds. The van der Waals surface area contributed by atoms with Gasteiger partial charge >= 0.3 is 0 Å². The third-order valence-electron chi connectivity index (χ3n) is 3.91. The summed E-state index contributed by atoms with van der Waals surface area (Å²) in [6, 6.07) is 0. The quantitative estimate of drug-likeness (QED) is 0.882. The van der Waals surface area contributed by atoms with Gasteiger partial charge in [0.25, 0.3) is 0 Å². The maximum atomic E-state index is 4.81. The van der Waals surface area contributed by atoms with Gasteiger partial charge in [-0.15, -0.1) is 11.3 Å². The summed E-state index contributed by atoms with van der Waals surface area (Å²) in [6.45, 7) is 10.0. The number of rotatable bonds is 4. The van der Waals surface area contributed by atoms with Gasteiger partial charge in [-0.1, -0.05) is 13.8 Å². The van der Waals surface area contributed by atoms with Crippen LogP contribution in [0.3, 0.4) is 0 Å². The van der Waals surface area contributed by atoms with E-state index in [-0.39, 0.29) is 5.54 Å². The lowest BCUT2D eigenvalue weighted by Crippen LogP contribution is -2.40. The minimum absolute atomic E-state index is 0.180. The number of hydrogen-bond acceptors (Lipinski definition) is 3. The number of nitrogens with zero attached hydrogens (tertiary/aromatic N) is 1. The van der Waals surface area contributed by atoms with Gasteiger partial charge in [-0.2, -0.15) is 0 Å². The Kier molecular flexibility index (Phi) is 3.88. The van der Waals surface area contributed by atoms with Crippen LogP contribution in [0, 0.1) is 19.8 Å². The van der Waals surface area contributed by atoms with Gasteiger partial charge < -0.3 is 5.32 Å². The van der Waals surface area contributed by atoms with Crippen molar-refractivity contribution < 1.29 is 0 Å². The number of thiazole rings is 1. The summed E-state index contributed by atoms with van der Waals surface area (Å²) >= 11 is 1.89. The van der Waals surface area contributed by atoms with Crippen molar-refractivity contribution in [1.82, 2.24) is 10.3 Å². The van der Waals surface area contributed by atoms with Crippen LogP contribution in [0.2, 0.25) is 0 Å². The Labute approximate surface area is 109 Å². The molecule has 1 aromatic heterocycles. The smallest absolute Gasteiger partial charge is 0.113 e. The van der Waals surface area contributed by atoms with Crippen LogP contribution in [0.25, 0.3) is 0 Å². The van der Waals surface area contributed by atoms with E-state index in [0.29, 0.717) is 0 Å². The first-order valence-corrected chi connectivity index (χ1v) is 7.58. The normalized spacial score (nSPS) is 28.8. The van der Waals surface area contributed by atoms with E-state index >= 15 is 0 Å². The second-order valence-electron chi connectivity index (χ2n) is 5.52. The molecule has 2 nitrogen and oxygen atoms in total. The van der Waals surface area contributed by atoms with Crippen molar-refractivity contribution in [2.75, 3.05) is 6.54 Å². The number of aryl methyl sites for hydroxylation is 2. The van der Waals surface area contributed by atoms with Gasteiger partial charge in [0.15, 0.2) is 0 Å². The topological polar surface area (TPSA) is 24.9 Å². The summed E-state index contributed by atoms with van der Waals surface area (Å²) in [5, 5.41) is 5.10. The number of aromatic nitrogens is 1. The first-order chi connectivity index (χ1) is 8.07. The van der Waals surface area contributed by atoms with E-state index in [4.69, 9.17) is 4.98 Å². The maximum Gasteiger partial charge on any atom is 0.113 e. The third-order valence-corrected chi connectivity index (χ3v) is 5.19. The molecule has 0 bridgehead atoms. The average molecular weight is 252 g/mol. The minimum Gasteiger partial charge on any atom is -0.305 e. The molecule has 1 saturated carbocycles. The standard InChI is InChI=1S/C14H24N2S/c1-5-8-15-14(7-6-10(2)9-14)13-16-11(3)12(4)17-13/h10,15H,5-9H2,1-4H3. The van der Waals surface area contributed by atoms with E-state index in [9.17, 15) is 0 Å². The molecule has 2 unspecified atom stereocenters. The summed E-state index contributed by atoms with van der Waals surface area (Å²) in [4.78, 5) is 6.18. The molecule has 1 fully saturated rings. The van der Waals surface area contributed by atoms with Crippen molar-refractivity contribution in [2.45, 2.75) is 58.9 Å². The Bertz CT molecular complexity index is 366. The minimum atomic E-state index is 0.180. The Balaban J connectivity index is 2.26. The zero-order valence-corrected chi connectivity index (χ0v) is 12.3. The molecule has 2 rings (SSSR count). The molecule has 1 aliphatic rings. The first kappa shape index (κ1) is 13.0. The first-order valence-electron chi connectivity index (χ1n) is 6.77. The lowest BCUT2D eigenvalue weighted by atomic mass is 9.96. The van der Waals surface area contributed by atoms with E-state index in [1.165, 1.54) is 41.3 Å². The zero-order valence-electron chi connectivity index (χ0n) is 11.5. The van der Waals surface area contributed by atoms with Crippen LogP contribution in [0.4, 0.5) is 0 Å². The Morgan fingerprint density at radius 3 is 2.71 bits per heavy atom. The van der Waals surface area contributed by atoms with Crippen LogP contribution in [-0.2, 0) is 5.54 Å². The molecule has 3 heteroatoms. The molecule has 0 saturated heterocycles. The molecule has 0 aliphatic heterocycles. The Morgan fingerprint density at radius 1 is 1.47 bits per heavy atom. The molecular formula is C14H24N2S. The summed E-state index contributed by atoms with van der Waals surface area (Å²) in [5.41, 5.74) is 1.39. The molecule has 2 atom stereocenters. The van der Waals surface area contributed by atoms with Crippen molar-refractivity contribution in [1.29, 1.82) is 0 Å². The van der Waals surface area contributed by atoms with Gasteiger partial charge in [-0.25, -0.2) is 4.98 Å². The largest absolute Gasteiger partial charge is 0.305 e. The molecule has 0 radical (unpaired) electrons. The van der Waals surface area contributed by atoms with E-state index in [0.717, 1.165) is 12.5 Å². The van der Waals surface area contributed by atoms with Crippen molar-refractivity contribution in [3.05, 3.63) is 15.6 Å². The van der Waals surface area contributed by atoms with Gasteiger partial charge in [-0.3, -0.25) is 0 Å². The van der Waals surface area contributed by atoms with E-state index in [1.807, 2.05) is 11.3 Å². The van der Waals surface area contributed by atoms with E-state index < -0.39 is 0 Å². The molecule has 1 aromatic rings. The van der Waals surface area contributed by atoms with Crippen LogP contribution in [0.1, 0.15) is 55.1 Å². The second-order valence-corrected chi connectivity index (χ2v) is 6.72. The van der Waals surface area contributed by atoms with Crippen LogP contribution >= 0.6 is 11.3 Å². The molecule has 0 aromatic carbocycles. The van der Waals surface area contributed by atoms with Crippen molar-refractivity contribution >= 4 is 11.3 Å². The molecule has 0 spiro atoms. The van der Waals surface area contributed by atoms with E-state index in [1.54, 1.807) is 0 Å². The summed E-state index contributed by atoms with van der Waals surface area (Å²) in [5.74, 6) is 0.823. The highest BCUT2D eigenvalue weighted by molar-refractivity contribution is 7.11. The molecule has 96 valence electrons. The van der Waals surface area contributed by atoms with Gasteiger partial charge in [-0.05, 0) is 52.0 Å². The van der Waals surface area contributed by atoms with Crippen LogP contribution in [0.5, 0.6) is 0 Å². The SMILES string of the molecule is CCCNC1(c2nc(C)c(C)s2)CCC(C)C1. The molecule has 1 aliphatic carbocycles. The lowest BCUT2D eigenvalue weighted by Gasteiger charge is -2.28. The zero-order chi connectivity index (χ0) is 12.5. The number of hydrogen-bond donors (Lipinski definition) is 1. The van der Waals surface area contributed by atoms with Crippen LogP contribution in [0.15, 0.2) is 0 Å². The van der Waals surface area contributed by atoms with Gasteiger partial charge in [0.05, 0.1) is 11.2 Å². The van der Waals surface area contributed by atoms with Gasteiger partial charge in [0.1, 0.15) is 5.01 Å². The Hall–Kier alpha value is -0.410. The molecule has 1 N–H and O–H groups in total. The highest BCUT2D eigenvalue weighted by Gasteiger charge is 2.40. The summed E-state index contributed by atoms with van der Waals surface area (Å²) in [7, 11) is 0. The van der Waals surface area contributed by atoms with Gasteiger partial charge in [0, 0.05) is 4.88 Å². The highest BCUT2D eigenvalue weighted by atomic mass is 32.1. The lowest BCUT2D eigenvalue weighted by molar-refractivity contribution is 0.330. The maximum absolute atomic E-state index is 4.81. The predicted octanol–water partition coefficient (Wildman–Crippen LogP) is 3.77. The average Bonchev–Trinajstić information content (AvgIpc) is 2.82. The highest BCUT2D eigenvalue weighted by Crippen LogP contribution is 2.43. The Morgan fingerprint density at radius 2 is 2.24 bits per heavy atom. The van der Waals surface area contributed by atoms with Crippen LogP contribution < -0.4 is 5.32 Å². The fraction of sp³-hybridized carbons (Fsp3) is 0.786. The fourth-order valence-corrected chi connectivity index (χ4v) is 3.88. The predicted molar refractivity (Wildman–Crippen MR) is 74.6 cm³/mol. The summed E-state index contributed by atoms with van der Waals surface area (Å²) in [6.07, 6.45) is 5.02. The third kappa shape index (κ3) is 2.55.